The summed E-state index contributed by atoms with van der Waals surface area (Å²) >= 11 is 0. The zero-order valence-corrected chi connectivity index (χ0v) is 19.5. The molecule has 2 aromatic heterocycles. The van der Waals surface area contributed by atoms with Crippen LogP contribution in [0.4, 0.5) is 13.2 Å². The molecular weight excluding hydrogens is 441 g/mol. The van der Waals surface area contributed by atoms with Crippen LogP contribution in [0.1, 0.15) is 87.7 Å². The molecule has 3 fully saturated rings. The van der Waals surface area contributed by atoms with Gasteiger partial charge in [0, 0.05) is 30.1 Å². The Hall–Kier alpha value is -1.93. The van der Waals surface area contributed by atoms with Crippen molar-refractivity contribution in [1.29, 1.82) is 0 Å². The first-order valence-corrected chi connectivity index (χ1v) is 12.8. The fraction of sp³-hybridized carbons (Fsp3) is 0.692. The molecule has 1 unspecified atom stereocenters. The maximum Gasteiger partial charge on any atom is 0.396 e. The van der Waals surface area contributed by atoms with Gasteiger partial charge in [-0.1, -0.05) is 18.9 Å². The maximum atomic E-state index is 13.9. The standard InChI is InChI=1S/C26H33F3N4O/c27-26(28,29)25(9-10-25)22-17-19(20-6-14-32-33(20)22)30-15-11-23(21-5-1-4-13-31-21)12-16-34-24(18-23)7-2-3-8-24/h1,4-6,13-14,19,22,30H,2-3,7-12,15-18H2/t19-,22+,23?/m0/s1. The Morgan fingerprint density at radius 1 is 1.06 bits per heavy atom. The Morgan fingerprint density at radius 3 is 2.59 bits per heavy atom. The molecule has 34 heavy (non-hydrogen) atoms. The molecule has 0 bridgehead atoms. The van der Waals surface area contributed by atoms with Gasteiger partial charge in [-0.15, -0.1) is 0 Å². The van der Waals surface area contributed by atoms with Crippen LogP contribution in [0.3, 0.4) is 0 Å². The average molecular weight is 475 g/mol. The molecule has 1 saturated heterocycles. The molecule has 2 aliphatic heterocycles. The molecule has 4 heterocycles. The summed E-state index contributed by atoms with van der Waals surface area (Å²) in [7, 11) is 0. The molecule has 1 N–H and O–H groups in total. The number of halogens is 3. The zero-order valence-electron chi connectivity index (χ0n) is 19.5. The van der Waals surface area contributed by atoms with E-state index >= 15 is 0 Å². The van der Waals surface area contributed by atoms with Crippen molar-refractivity contribution in [2.45, 2.75) is 93.5 Å². The van der Waals surface area contributed by atoms with E-state index < -0.39 is 17.6 Å². The lowest BCUT2D eigenvalue weighted by atomic mass is 9.68. The highest BCUT2D eigenvalue weighted by molar-refractivity contribution is 5.22. The monoisotopic (exact) mass is 474 g/mol. The van der Waals surface area contributed by atoms with Crippen LogP contribution in [0.15, 0.2) is 36.7 Å². The second kappa shape index (κ2) is 8.05. The van der Waals surface area contributed by atoms with E-state index in [0.717, 1.165) is 56.6 Å². The first-order chi connectivity index (χ1) is 16.4. The van der Waals surface area contributed by atoms with Gasteiger partial charge in [-0.3, -0.25) is 9.67 Å². The Bertz CT molecular complexity index is 1010. The SMILES string of the molecule is FC(F)(F)C1([C@H]2C[C@H](NCCC3(c4ccccn4)CCOC4(CCCC4)C3)c3ccnn32)CC1. The summed E-state index contributed by atoms with van der Waals surface area (Å²) in [5.74, 6) is 0. The first-order valence-electron chi connectivity index (χ1n) is 12.8. The lowest BCUT2D eigenvalue weighted by molar-refractivity contribution is -0.200. The van der Waals surface area contributed by atoms with Crippen molar-refractivity contribution in [3.8, 4) is 0 Å². The molecule has 2 saturated carbocycles. The van der Waals surface area contributed by atoms with E-state index in [1.807, 2.05) is 18.3 Å². The third kappa shape index (κ3) is 3.60. The quantitative estimate of drug-likeness (QED) is 0.588. The Kier molecular flexibility index (Phi) is 5.33. The molecule has 1 spiro atoms. The van der Waals surface area contributed by atoms with Gasteiger partial charge in [0.1, 0.15) is 0 Å². The molecule has 5 nitrogen and oxygen atoms in total. The van der Waals surface area contributed by atoms with Crippen molar-refractivity contribution >= 4 is 0 Å². The van der Waals surface area contributed by atoms with E-state index in [1.54, 1.807) is 10.9 Å². The summed E-state index contributed by atoms with van der Waals surface area (Å²) in [4.78, 5) is 4.76. The van der Waals surface area contributed by atoms with E-state index in [1.165, 1.54) is 12.8 Å². The lowest BCUT2D eigenvalue weighted by Gasteiger charge is -2.46. The fourth-order valence-corrected chi connectivity index (χ4v) is 7.17. The van der Waals surface area contributed by atoms with Gasteiger partial charge in [-0.25, -0.2) is 0 Å². The van der Waals surface area contributed by atoms with Gasteiger partial charge in [0.2, 0.25) is 0 Å². The van der Waals surface area contributed by atoms with Crippen LogP contribution in [0.25, 0.3) is 0 Å². The molecule has 8 heteroatoms. The number of hydrogen-bond donors (Lipinski definition) is 1. The largest absolute Gasteiger partial charge is 0.396 e. The highest BCUT2D eigenvalue weighted by atomic mass is 19.4. The van der Waals surface area contributed by atoms with Gasteiger partial charge in [0.25, 0.3) is 0 Å². The highest BCUT2D eigenvalue weighted by Crippen LogP contribution is 2.67. The summed E-state index contributed by atoms with van der Waals surface area (Å²) < 4.78 is 49.6. The number of alkyl halides is 3. The summed E-state index contributed by atoms with van der Waals surface area (Å²) in [5.41, 5.74) is 0.285. The number of aromatic nitrogens is 3. The lowest BCUT2D eigenvalue weighted by Crippen LogP contribution is -2.47. The second-order valence-electron chi connectivity index (χ2n) is 11.0. The first kappa shape index (κ1) is 22.5. The minimum atomic E-state index is -4.18. The van der Waals surface area contributed by atoms with E-state index in [2.05, 4.69) is 22.5 Å². The highest BCUT2D eigenvalue weighted by Gasteiger charge is 2.69. The van der Waals surface area contributed by atoms with Crippen molar-refractivity contribution in [3.63, 3.8) is 0 Å². The molecule has 6 rings (SSSR count). The van der Waals surface area contributed by atoms with Crippen LogP contribution in [0.2, 0.25) is 0 Å². The molecular formula is C26H33F3N4O. The minimum Gasteiger partial charge on any atom is -0.375 e. The molecule has 0 aromatic carbocycles. The van der Waals surface area contributed by atoms with Gasteiger partial charge >= 0.3 is 6.18 Å². The number of nitrogens with zero attached hydrogens (tertiary/aromatic N) is 3. The number of fused-ring (bicyclic) bond motifs is 1. The van der Waals surface area contributed by atoms with Crippen molar-refractivity contribution in [1.82, 2.24) is 20.1 Å². The van der Waals surface area contributed by atoms with Gasteiger partial charge in [-0.05, 0) is 76.1 Å². The van der Waals surface area contributed by atoms with Crippen LogP contribution in [-0.4, -0.2) is 39.7 Å². The van der Waals surface area contributed by atoms with Gasteiger partial charge < -0.3 is 10.1 Å². The smallest absolute Gasteiger partial charge is 0.375 e. The predicted octanol–water partition coefficient (Wildman–Crippen LogP) is 5.65. The summed E-state index contributed by atoms with van der Waals surface area (Å²) in [5, 5.41) is 7.93. The second-order valence-corrected chi connectivity index (χ2v) is 11.0. The van der Waals surface area contributed by atoms with Crippen LogP contribution in [-0.2, 0) is 10.2 Å². The number of rotatable bonds is 6. The van der Waals surface area contributed by atoms with Crippen molar-refractivity contribution in [2.75, 3.05) is 13.2 Å². The number of pyridine rings is 1. The Morgan fingerprint density at radius 2 is 1.88 bits per heavy atom. The third-order valence-corrected chi connectivity index (χ3v) is 9.17. The molecule has 0 amide bonds. The van der Waals surface area contributed by atoms with Crippen LogP contribution >= 0.6 is 0 Å². The van der Waals surface area contributed by atoms with E-state index in [0.29, 0.717) is 6.42 Å². The molecule has 2 aromatic rings. The fourth-order valence-electron chi connectivity index (χ4n) is 7.17. The topological polar surface area (TPSA) is 52.0 Å². The number of nitrogens with one attached hydrogen (secondary N) is 1. The van der Waals surface area contributed by atoms with Gasteiger partial charge in [-0.2, -0.15) is 18.3 Å². The average Bonchev–Trinajstić information content (AvgIpc) is 3.13. The summed E-state index contributed by atoms with van der Waals surface area (Å²) in [6.07, 6.45) is 7.63. The van der Waals surface area contributed by atoms with Gasteiger partial charge in [0.15, 0.2) is 0 Å². The van der Waals surface area contributed by atoms with Crippen LogP contribution in [0, 0.1) is 5.41 Å². The zero-order chi connectivity index (χ0) is 23.4. The summed E-state index contributed by atoms with van der Waals surface area (Å²) in [6.45, 7) is 1.47. The Balaban J connectivity index is 1.19. The predicted molar refractivity (Wildman–Crippen MR) is 121 cm³/mol. The minimum absolute atomic E-state index is 0.0437. The molecule has 2 aliphatic carbocycles. The van der Waals surface area contributed by atoms with Crippen molar-refractivity contribution in [2.24, 2.45) is 5.41 Å². The molecule has 3 atom stereocenters. The van der Waals surface area contributed by atoms with Crippen LogP contribution < -0.4 is 5.32 Å². The maximum absolute atomic E-state index is 13.9. The number of ether oxygens (including phenoxy) is 1. The molecule has 4 aliphatic rings. The van der Waals surface area contributed by atoms with Crippen molar-refractivity contribution < 1.29 is 17.9 Å². The van der Waals surface area contributed by atoms with Gasteiger partial charge in [0.05, 0.1) is 28.8 Å². The molecule has 0 radical (unpaired) electrons. The van der Waals surface area contributed by atoms with Crippen molar-refractivity contribution in [3.05, 3.63) is 48.0 Å². The third-order valence-electron chi connectivity index (χ3n) is 9.17. The Labute approximate surface area is 198 Å². The normalized spacial score (nSPS) is 31.6. The molecule has 184 valence electrons. The van der Waals surface area contributed by atoms with E-state index in [9.17, 15) is 13.2 Å². The van der Waals surface area contributed by atoms with E-state index in [4.69, 9.17) is 9.72 Å². The van der Waals surface area contributed by atoms with Crippen LogP contribution in [0.5, 0.6) is 0 Å². The van der Waals surface area contributed by atoms with E-state index in [-0.39, 0.29) is 29.9 Å². The summed E-state index contributed by atoms with van der Waals surface area (Å²) in [6, 6.07) is 7.31. The number of hydrogen-bond acceptors (Lipinski definition) is 4.